The van der Waals surface area contributed by atoms with Gasteiger partial charge in [0.15, 0.2) is 0 Å². The van der Waals surface area contributed by atoms with Crippen LogP contribution in [0.4, 0.5) is 0 Å². The first-order valence-corrected chi connectivity index (χ1v) is 5.15. The van der Waals surface area contributed by atoms with Gasteiger partial charge < -0.3 is 4.52 Å². The van der Waals surface area contributed by atoms with Crippen molar-refractivity contribution in [3.63, 3.8) is 0 Å². The number of benzene rings is 1. The number of hydrogen-bond acceptors (Lipinski definition) is 5. The van der Waals surface area contributed by atoms with Gasteiger partial charge in [0.2, 0.25) is 11.7 Å². The van der Waals surface area contributed by atoms with Gasteiger partial charge in [0.05, 0.1) is 0 Å². The number of hydrogen-bond donors (Lipinski definition) is 0. The summed E-state index contributed by atoms with van der Waals surface area (Å²) in [6.45, 7) is 1.72. The fraction of sp³-hybridized carbons (Fsp3) is 0.0769. The second-order valence-corrected chi connectivity index (χ2v) is 3.54. The lowest BCUT2D eigenvalue weighted by Gasteiger charge is -1.96. The Morgan fingerprint density at radius 3 is 2.39 bits per heavy atom. The Balaban J connectivity index is 2.29. The summed E-state index contributed by atoms with van der Waals surface area (Å²) >= 11 is 0. The van der Waals surface area contributed by atoms with Crippen molar-refractivity contribution in [2.24, 2.45) is 0 Å². The monoisotopic (exact) mass is 236 g/mol. The van der Waals surface area contributed by atoms with E-state index in [-0.39, 0.29) is 5.57 Å². The van der Waals surface area contributed by atoms with Crippen molar-refractivity contribution in [2.45, 2.75) is 6.92 Å². The van der Waals surface area contributed by atoms with Crippen LogP contribution in [0.15, 0.2) is 34.4 Å². The van der Waals surface area contributed by atoms with E-state index >= 15 is 0 Å². The molecule has 0 saturated carbocycles. The van der Waals surface area contributed by atoms with Gasteiger partial charge in [0.1, 0.15) is 17.7 Å². The van der Waals surface area contributed by atoms with Gasteiger partial charge in [0.25, 0.3) is 0 Å². The van der Waals surface area contributed by atoms with Gasteiger partial charge in [-0.05, 0) is 11.6 Å². The molecule has 0 spiro atoms. The van der Waals surface area contributed by atoms with Crippen molar-refractivity contribution >= 4 is 6.08 Å². The fourth-order valence-corrected chi connectivity index (χ4v) is 1.40. The predicted octanol–water partition coefficient (Wildman–Crippen LogP) is 2.48. The average molecular weight is 236 g/mol. The molecule has 18 heavy (non-hydrogen) atoms. The van der Waals surface area contributed by atoms with Crippen molar-refractivity contribution in [3.05, 3.63) is 41.3 Å². The molecule has 0 aliphatic rings. The molecule has 0 fully saturated rings. The van der Waals surface area contributed by atoms with Crippen LogP contribution in [0.2, 0.25) is 0 Å². The van der Waals surface area contributed by atoms with E-state index in [2.05, 4.69) is 10.1 Å². The molecule has 0 aliphatic carbocycles. The van der Waals surface area contributed by atoms with Crippen LogP contribution in [-0.2, 0) is 0 Å². The van der Waals surface area contributed by atoms with Crippen molar-refractivity contribution in [1.82, 2.24) is 10.1 Å². The first-order valence-electron chi connectivity index (χ1n) is 5.15. The molecule has 5 nitrogen and oxygen atoms in total. The molecule has 0 aliphatic heterocycles. The molecule has 0 atom stereocenters. The number of aryl methyl sites for hydroxylation is 1. The highest BCUT2D eigenvalue weighted by Gasteiger charge is 2.04. The zero-order chi connectivity index (χ0) is 13.0. The quantitative estimate of drug-likeness (QED) is 0.747. The molecule has 0 amide bonds. The third-order valence-corrected chi connectivity index (χ3v) is 2.25. The lowest BCUT2D eigenvalue weighted by atomic mass is 10.1. The molecule has 0 radical (unpaired) electrons. The summed E-state index contributed by atoms with van der Waals surface area (Å²) in [6.07, 6.45) is 1.52. The Bertz CT molecular complexity index is 652. The second kappa shape index (κ2) is 4.94. The summed E-state index contributed by atoms with van der Waals surface area (Å²) in [7, 11) is 0. The minimum absolute atomic E-state index is 0.0677. The first-order chi connectivity index (χ1) is 8.72. The molecular weight excluding hydrogens is 228 g/mol. The van der Waals surface area contributed by atoms with Gasteiger partial charge >= 0.3 is 0 Å². The summed E-state index contributed by atoms with van der Waals surface area (Å²) < 4.78 is 4.89. The molecule has 1 aromatic carbocycles. The molecular formula is C13H8N4O. The summed E-state index contributed by atoms with van der Waals surface area (Å²) in [4.78, 5) is 4.11. The second-order valence-electron chi connectivity index (χ2n) is 3.54. The number of nitriles is 2. The molecule has 2 rings (SSSR count). The van der Waals surface area contributed by atoms with Crippen LogP contribution in [0.5, 0.6) is 0 Å². The molecule has 0 unspecified atom stereocenters. The third-order valence-electron chi connectivity index (χ3n) is 2.25. The van der Waals surface area contributed by atoms with Crippen LogP contribution in [0.1, 0.15) is 11.5 Å². The average Bonchev–Trinajstić information content (AvgIpc) is 2.83. The van der Waals surface area contributed by atoms with E-state index in [4.69, 9.17) is 15.0 Å². The fourth-order valence-electron chi connectivity index (χ4n) is 1.40. The van der Waals surface area contributed by atoms with Gasteiger partial charge in [-0.3, -0.25) is 0 Å². The zero-order valence-corrected chi connectivity index (χ0v) is 9.58. The maximum atomic E-state index is 8.65. The summed E-state index contributed by atoms with van der Waals surface area (Å²) in [6, 6.07) is 10.8. The van der Waals surface area contributed by atoms with Crippen LogP contribution < -0.4 is 0 Å². The van der Waals surface area contributed by atoms with Crippen molar-refractivity contribution in [3.8, 4) is 23.5 Å². The highest BCUT2D eigenvalue weighted by Crippen LogP contribution is 2.17. The van der Waals surface area contributed by atoms with Crippen LogP contribution in [0, 0.1) is 29.6 Å². The van der Waals surface area contributed by atoms with E-state index < -0.39 is 0 Å². The largest absolute Gasteiger partial charge is 0.339 e. The minimum Gasteiger partial charge on any atom is -0.339 e. The van der Waals surface area contributed by atoms with E-state index in [9.17, 15) is 0 Å². The number of nitrogens with zero attached hydrogens (tertiary/aromatic N) is 4. The van der Waals surface area contributed by atoms with Gasteiger partial charge in [-0.15, -0.1) is 0 Å². The Kier molecular flexibility index (Phi) is 3.17. The molecule has 2 aromatic rings. The zero-order valence-electron chi connectivity index (χ0n) is 9.58. The van der Waals surface area contributed by atoms with Crippen LogP contribution in [0.3, 0.4) is 0 Å². The van der Waals surface area contributed by atoms with Gasteiger partial charge in [-0.2, -0.15) is 15.5 Å². The summed E-state index contributed by atoms with van der Waals surface area (Å²) in [5.74, 6) is 1.02. The molecule has 0 saturated heterocycles. The SMILES string of the molecule is Cc1nc(-c2ccc(C=C(C#N)C#N)cc2)no1. The molecule has 0 N–H and O–H groups in total. The Labute approximate surface area is 104 Å². The smallest absolute Gasteiger partial charge is 0.223 e. The highest BCUT2D eigenvalue weighted by molar-refractivity contribution is 5.65. The molecule has 86 valence electrons. The summed E-state index contributed by atoms with van der Waals surface area (Å²) in [5, 5.41) is 21.1. The number of allylic oxidation sites excluding steroid dienone is 1. The standard InChI is InChI=1S/C13H8N4O/c1-9-16-13(17-18-9)12-4-2-10(3-5-12)6-11(7-14)8-15/h2-6H,1H3. The van der Waals surface area contributed by atoms with Gasteiger partial charge in [-0.1, -0.05) is 29.4 Å². The maximum absolute atomic E-state index is 8.65. The van der Waals surface area contributed by atoms with Crippen LogP contribution in [0.25, 0.3) is 17.5 Å². The Morgan fingerprint density at radius 2 is 1.89 bits per heavy atom. The predicted molar refractivity (Wildman–Crippen MR) is 63.7 cm³/mol. The third kappa shape index (κ3) is 2.42. The minimum atomic E-state index is 0.0677. The normalized spacial score (nSPS) is 9.28. The van der Waals surface area contributed by atoms with E-state index in [1.807, 2.05) is 24.3 Å². The lowest BCUT2D eigenvalue weighted by molar-refractivity contribution is 0.394. The van der Waals surface area contributed by atoms with Crippen molar-refractivity contribution in [1.29, 1.82) is 10.5 Å². The van der Waals surface area contributed by atoms with Gasteiger partial charge in [0, 0.05) is 12.5 Å². The Hall–Kier alpha value is -2.92. The van der Waals surface area contributed by atoms with E-state index in [1.165, 1.54) is 6.08 Å². The first kappa shape index (κ1) is 11.6. The molecule has 1 aromatic heterocycles. The molecule has 5 heteroatoms. The Morgan fingerprint density at radius 1 is 1.22 bits per heavy atom. The number of rotatable bonds is 2. The topological polar surface area (TPSA) is 86.5 Å². The van der Waals surface area contributed by atoms with E-state index in [1.54, 1.807) is 19.1 Å². The highest BCUT2D eigenvalue weighted by atomic mass is 16.5. The maximum Gasteiger partial charge on any atom is 0.223 e. The lowest BCUT2D eigenvalue weighted by Crippen LogP contribution is -1.82. The van der Waals surface area contributed by atoms with Crippen molar-refractivity contribution < 1.29 is 4.52 Å². The molecule has 1 heterocycles. The molecule has 0 bridgehead atoms. The van der Waals surface area contributed by atoms with Crippen LogP contribution >= 0.6 is 0 Å². The van der Waals surface area contributed by atoms with Crippen molar-refractivity contribution in [2.75, 3.05) is 0 Å². The number of aromatic nitrogens is 2. The van der Waals surface area contributed by atoms with Crippen LogP contribution in [-0.4, -0.2) is 10.1 Å². The van der Waals surface area contributed by atoms with Gasteiger partial charge in [-0.25, -0.2) is 0 Å². The summed E-state index contributed by atoms with van der Waals surface area (Å²) in [5.41, 5.74) is 1.66. The van der Waals surface area contributed by atoms with E-state index in [0.29, 0.717) is 11.7 Å². The van der Waals surface area contributed by atoms with E-state index in [0.717, 1.165) is 11.1 Å².